The van der Waals surface area contributed by atoms with Crippen molar-refractivity contribution in [3.63, 3.8) is 0 Å². The molecule has 2 N–H and O–H groups in total. The molecule has 1 aromatic rings. The molecular formula is C6H13N5OS. The van der Waals surface area contributed by atoms with Crippen molar-refractivity contribution < 1.29 is 4.21 Å². The lowest BCUT2D eigenvalue weighted by molar-refractivity contribution is 0.570. The summed E-state index contributed by atoms with van der Waals surface area (Å²) in [6.45, 7) is 2.36. The number of nitrogens with zero attached hydrogens (tertiary/aromatic N) is 4. The molecule has 0 saturated heterocycles. The SMILES string of the molecule is CC(N)c1nnnn1CCS(C)=O. The largest absolute Gasteiger partial charge is 0.322 e. The zero-order valence-electron chi connectivity index (χ0n) is 7.67. The molecule has 0 aromatic carbocycles. The highest BCUT2D eigenvalue weighted by Gasteiger charge is 2.09. The van der Waals surface area contributed by atoms with Crippen LogP contribution in [-0.4, -0.2) is 36.4 Å². The van der Waals surface area contributed by atoms with Gasteiger partial charge in [0.2, 0.25) is 0 Å². The van der Waals surface area contributed by atoms with E-state index in [1.165, 1.54) is 0 Å². The number of aryl methyl sites for hydroxylation is 1. The summed E-state index contributed by atoms with van der Waals surface area (Å²) in [4.78, 5) is 0. The van der Waals surface area contributed by atoms with Crippen molar-refractivity contribution in [3.8, 4) is 0 Å². The van der Waals surface area contributed by atoms with E-state index >= 15 is 0 Å². The molecule has 2 atom stereocenters. The molecule has 0 fully saturated rings. The van der Waals surface area contributed by atoms with E-state index in [1.54, 1.807) is 10.9 Å². The quantitative estimate of drug-likeness (QED) is 0.683. The van der Waals surface area contributed by atoms with Gasteiger partial charge in [0.1, 0.15) is 0 Å². The fourth-order valence-electron chi connectivity index (χ4n) is 0.912. The molecule has 1 aromatic heterocycles. The van der Waals surface area contributed by atoms with Gasteiger partial charge < -0.3 is 5.73 Å². The van der Waals surface area contributed by atoms with E-state index in [2.05, 4.69) is 15.5 Å². The lowest BCUT2D eigenvalue weighted by Gasteiger charge is -2.04. The van der Waals surface area contributed by atoms with E-state index in [0.29, 0.717) is 18.1 Å². The normalized spacial score (nSPS) is 15.6. The number of aromatic nitrogens is 4. The molecule has 1 heterocycles. The summed E-state index contributed by atoms with van der Waals surface area (Å²) in [5.41, 5.74) is 5.63. The van der Waals surface area contributed by atoms with Crippen LogP contribution in [0.4, 0.5) is 0 Å². The monoisotopic (exact) mass is 203 g/mol. The first-order valence-corrected chi connectivity index (χ1v) is 5.65. The first-order chi connectivity index (χ1) is 6.11. The first-order valence-electron chi connectivity index (χ1n) is 3.93. The zero-order chi connectivity index (χ0) is 9.84. The van der Waals surface area contributed by atoms with Crippen LogP contribution < -0.4 is 5.73 Å². The number of hydrogen-bond donors (Lipinski definition) is 1. The summed E-state index contributed by atoms with van der Waals surface area (Å²) < 4.78 is 12.4. The van der Waals surface area contributed by atoms with Gasteiger partial charge in [-0.15, -0.1) is 5.10 Å². The van der Waals surface area contributed by atoms with Crippen LogP contribution in [0, 0.1) is 0 Å². The smallest absolute Gasteiger partial charge is 0.167 e. The van der Waals surface area contributed by atoms with Gasteiger partial charge in [-0.05, 0) is 17.4 Å². The van der Waals surface area contributed by atoms with Crippen LogP contribution in [0.15, 0.2) is 0 Å². The van der Waals surface area contributed by atoms with Crippen molar-refractivity contribution >= 4 is 10.8 Å². The fourth-order valence-corrected chi connectivity index (χ4v) is 1.34. The Bertz CT molecular complexity index is 297. The van der Waals surface area contributed by atoms with E-state index in [0.717, 1.165) is 0 Å². The average Bonchev–Trinajstić information content (AvgIpc) is 2.47. The Morgan fingerprint density at radius 3 is 2.92 bits per heavy atom. The molecule has 0 aliphatic heterocycles. The fraction of sp³-hybridized carbons (Fsp3) is 0.833. The van der Waals surface area contributed by atoms with E-state index < -0.39 is 10.8 Å². The van der Waals surface area contributed by atoms with Crippen molar-refractivity contribution in [1.82, 2.24) is 20.2 Å². The summed E-state index contributed by atoms with van der Waals surface area (Å²) in [6.07, 6.45) is 1.65. The number of rotatable bonds is 4. The molecule has 2 unspecified atom stereocenters. The predicted molar refractivity (Wildman–Crippen MR) is 49.4 cm³/mol. The van der Waals surface area contributed by atoms with Crippen LogP contribution in [0.1, 0.15) is 18.8 Å². The van der Waals surface area contributed by atoms with Gasteiger partial charge in [0.15, 0.2) is 5.82 Å². The van der Waals surface area contributed by atoms with Crippen LogP contribution in [0.5, 0.6) is 0 Å². The van der Waals surface area contributed by atoms with Crippen LogP contribution >= 0.6 is 0 Å². The maximum absolute atomic E-state index is 10.8. The van der Waals surface area contributed by atoms with Gasteiger partial charge in [0, 0.05) is 22.8 Å². The minimum absolute atomic E-state index is 0.194. The number of hydrogen-bond acceptors (Lipinski definition) is 5. The summed E-state index contributed by atoms with van der Waals surface area (Å²) in [5.74, 6) is 1.18. The van der Waals surface area contributed by atoms with Crippen molar-refractivity contribution in [3.05, 3.63) is 5.82 Å². The molecule has 0 spiro atoms. The number of tetrazole rings is 1. The van der Waals surface area contributed by atoms with Crippen LogP contribution in [0.25, 0.3) is 0 Å². The molecule has 0 saturated carbocycles. The molecule has 13 heavy (non-hydrogen) atoms. The molecule has 74 valence electrons. The van der Waals surface area contributed by atoms with E-state index in [-0.39, 0.29) is 6.04 Å². The molecule has 0 aliphatic carbocycles. The maximum atomic E-state index is 10.8. The minimum atomic E-state index is -0.829. The highest BCUT2D eigenvalue weighted by molar-refractivity contribution is 7.84. The van der Waals surface area contributed by atoms with Crippen LogP contribution in [0.3, 0.4) is 0 Å². The summed E-state index contributed by atoms with van der Waals surface area (Å²) in [5, 5.41) is 11.0. The highest BCUT2D eigenvalue weighted by atomic mass is 32.2. The zero-order valence-corrected chi connectivity index (χ0v) is 8.49. The minimum Gasteiger partial charge on any atom is -0.322 e. The second-order valence-electron chi connectivity index (χ2n) is 2.83. The van der Waals surface area contributed by atoms with Gasteiger partial charge in [-0.3, -0.25) is 4.21 Å². The van der Waals surface area contributed by atoms with Crippen molar-refractivity contribution in [2.75, 3.05) is 12.0 Å². The molecule has 0 bridgehead atoms. The summed E-state index contributed by atoms with van der Waals surface area (Å²) >= 11 is 0. The summed E-state index contributed by atoms with van der Waals surface area (Å²) in [7, 11) is -0.829. The van der Waals surface area contributed by atoms with E-state index in [4.69, 9.17) is 5.73 Å². The maximum Gasteiger partial charge on any atom is 0.167 e. The summed E-state index contributed by atoms with van der Waals surface area (Å²) in [6, 6.07) is -0.194. The Morgan fingerprint density at radius 2 is 2.38 bits per heavy atom. The third-order valence-electron chi connectivity index (χ3n) is 1.56. The Balaban J connectivity index is 2.65. The van der Waals surface area contributed by atoms with Crippen molar-refractivity contribution in [2.24, 2.45) is 5.73 Å². The predicted octanol–water partition coefficient (Wildman–Crippen LogP) is -0.929. The van der Waals surface area contributed by atoms with Gasteiger partial charge in [-0.1, -0.05) is 0 Å². The van der Waals surface area contributed by atoms with Gasteiger partial charge in [-0.25, -0.2) is 4.68 Å². The number of nitrogens with two attached hydrogens (primary N) is 1. The second kappa shape index (κ2) is 4.43. The Morgan fingerprint density at radius 1 is 1.69 bits per heavy atom. The highest BCUT2D eigenvalue weighted by Crippen LogP contribution is 2.02. The van der Waals surface area contributed by atoms with Crippen molar-refractivity contribution in [1.29, 1.82) is 0 Å². The van der Waals surface area contributed by atoms with Gasteiger partial charge in [0.25, 0.3) is 0 Å². The second-order valence-corrected chi connectivity index (χ2v) is 4.38. The van der Waals surface area contributed by atoms with Crippen molar-refractivity contribution in [2.45, 2.75) is 19.5 Å². The first kappa shape index (κ1) is 10.3. The van der Waals surface area contributed by atoms with Crippen LogP contribution in [0.2, 0.25) is 0 Å². The Kier molecular flexibility index (Phi) is 3.49. The van der Waals surface area contributed by atoms with E-state index in [1.807, 2.05) is 6.92 Å². The molecule has 0 amide bonds. The van der Waals surface area contributed by atoms with Gasteiger partial charge in [-0.2, -0.15) is 0 Å². The third-order valence-corrected chi connectivity index (χ3v) is 2.31. The molecule has 0 radical (unpaired) electrons. The lowest BCUT2D eigenvalue weighted by atomic mass is 10.3. The Hall–Kier alpha value is -0.820. The molecule has 6 nitrogen and oxygen atoms in total. The van der Waals surface area contributed by atoms with Crippen LogP contribution in [-0.2, 0) is 17.3 Å². The molecule has 7 heteroatoms. The topological polar surface area (TPSA) is 86.7 Å². The van der Waals surface area contributed by atoms with Gasteiger partial charge in [0.05, 0.1) is 12.6 Å². The van der Waals surface area contributed by atoms with Gasteiger partial charge >= 0.3 is 0 Å². The standard InChI is InChI=1S/C6H13N5OS/c1-5(7)6-8-9-10-11(6)3-4-13(2)12/h5H,3-4,7H2,1-2H3. The van der Waals surface area contributed by atoms with E-state index in [9.17, 15) is 4.21 Å². The third kappa shape index (κ3) is 2.85. The molecule has 0 aliphatic rings. The molecular weight excluding hydrogens is 190 g/mol. The Labute approximate surface area is 79.0 Å². The average molecular weight is 203 g/mol. The lowest BCUT2D eigenvalue weighted by Crippen LogP contribution is -2.17. The molecule has 1 rings (SSSR count).